The molecule has 0 aliphatic rings. The van der Waals surface area contributed by atoms with Crippen molar-refractivity contribution in [3.05, 3.63) is 48.0 Å². The zero-order chi connectivity index (χ0) is 17.8. The molecule has 24 heavy (non-hydrogen) atoms. The van der Waals surface area contributed by atoms with Crippen molar-refractivity contribution >= 4 is 22.5 Å². The molecule has 0 amide bonds. The van der Waals surface area contributed by atoms with Gasteiger partial charge in [0.2, 0.25) is 0 Å². The number of aliphatic carboxylic acids is 1. The second-order valence-corrected chi connectivity index (χ2v) is 5.79. The number of nitrogens with one attached hydrogen (secondary N) is 1. The molecule has 0 spiro atoms. The van der Waals surface area contributed by atoms with E-state index in [4.69, 9.17) is 5.11 Å². The molecule has 0 aliphatic heterocycles. The molecule has 2 aromatic rings. The van der Waals surface area contributed by atoms with Gasteiger partial charge in [-0.3, -0.25) is 9.59 Å². The summed E-state index contributed by atoms with van der Waals surface area (Å²) in [5.41, 5.74) is 0.763. The first-order valence-corrected chi connectivity index (χ1v) is 8.40. The van der Waals surface area contributed by atoms with Gasteiger partial charge in [0, 0.05) is 18.4 Å². The lowest BCUT2D eigenvalue weighted by molar-refractivity contribution is -0.137. The van der Waals surface area contributed by atoms with Gasteiger partial charge < -0.3 is 10.4 Å². The van der Waals surface area contributed by atoms with E-state index in [2.05, 4.69) is 5.32 Å². The second kappa shape index (κ2) is 11.4. The fourth-order valence-electron chi connectivity index (χ4n) is 2.42. The van der Waals surface area contributed by atoms with Crippen LogP contribution in [0.1, 0.15) is 48.9 Å². The van der Waals surface area contributed by atoms with Crippen molar-refractivity contribution in [2.24, 2.45) is 0 Å². The van der Waals surface area contributed by atoms with Crippen molar-refractivity contribution in [2.75, 3.05) is 14.1 Å². The molecule has 0 radical (unpaired) electrons. The third-order valence-corrected chi connectivity index (χ3v) is 3.62. The van der Waals surface area contributed by atoms with Gasteiger partial charge in [-0.1, -0.05) is 49.2 Å². The Morgan fingerprint density at radius 2 is 1.46 bits per heavy atom. The van der Waals surface area contributed by atoms with Crippen LogP contribution in [0, 0.1) is 0 Å². The van der Waals surface area contributed by atoms with Gasteiger partial charge in [0.25, 0.3) is 0 Å². The lowest BCUT2D eigenvalue weighted by atomic mass is 10.0. The lowest BCUT2D eigenvalue weighted by Gasteiger charge is -2.03. The van der Waals surface area contributed by atoms with Gasteiger partial charge in [-0.15, -0.1) is 0 Å². The largest absolute Gasteiger partial charge is 0.481 e. The van der Waals surface area contributed by atoms with Crippen molar-refractivity contribution in [1.82, 2.24) is 5.32 Å². The van der Waals surface area contributed by atoms with Crippen LogP contribution in [0.15, 0.2) is 42.5 Å². The summed E-state index contributed by atoms with van der Waals surface area (Å²) in [6.45, 7) is 0. The van der Waals surface area contributed by atoms with E-state index >= 15 is 0 Å². The molecule has 2 rings (SSSR count). The molecule has 0 atom stereocenters. The molecule has 0 bridgehead atoms. The maximum absolute atomic E-state index is 12.1. The van der Waals surface area contributed by atoms with Gasteiger partial charge in [0.05, 0.1) is 0 Å². The first-order chi connectivity index (χ1) is 11.6. The predicted octanol–water partition coefficient (Wildman–Crippen LogP) is 4.28. The molecule has 130 valence electrons. The highest BCUT2D eigenvalue weighted by atomic mass is 16.4. The Hall–Kier alpha value is -2.20. The summed E-state index contributed by atoms with van der Waals surface area (Å²) >= 11 is 0. The van der Waals surface area contributed by atoms with E-state index in [-0.39, 0.29) is 12.2 Å². The minimum atomic E-state index is -0.748. The predicted molar refractivity (Wildman–Crippen MR) is 98.6 cm³/mol. The number of ketones is 1. The highest BCUT2D eigenvalue weighted by Crippen LogP contribution is 2.17. The normalized spacial score (nSPS) is 10.1. The van der Waals surface area contributed by atoms with Crippen LogP contribution in [0.2, 0.25) is 0 Å². The zero-order valence-corrected chi connectivity index (χ0v) is 14.5. The number of benzene rings is 2. The van der Waals surface area contributed by atoms with Crippen molar-refractivity contribution < 1.29 is 14.7 Å². The quantitative estimate of drug-likeness (QED) is 0.560. The van der Waals surface area contributed by atoms with Crippen LogP contribution < -0.4 is 5.32 Å². The number of carbonyl (C=O) groups is 2. The minimum Gasteiger partial charge on any atom is -0.481 e. The van der Waals surface area contributed by atoms with Crippen LogP contribution in [0.3, 0.4) is 0 Å². The SMILES string of the molecule is CNC.O=C(O)CCCCCCC(=O)c1ccc2ccccc2c1. The van der Waals surface area contributed by atoms with E-state index in [1.165, 1.54) is 0 Å². The van der Waals surface area contributed by atoms with E-state index in [1.807, 2.05) is 56.6 Å². The van der Waals surface area contributed by atoms with Gasteiger partial charge in [-0.25, -0.2) is 0 Å². The molecule has 2 aromatic carbocycles. The van der Waals surface area contributed by atoms with Crippen LogP contribution in [0.5, 0.6) is 0 Å². The third-order valence-electron chi connectivity index (χ3n) is 3.62. The number of Topliss-reactive ketones (excluding diaryl/α,β-unsaturated/α-hetero) is 1. The first-order valence-electron chi connectivity index (χ1n) is 8.40. The fourth-order valence-corrected chi connectivity index (χ4v) is 2.42. The van der Waals surface area contributed by atoms with Crippen LogP contribution in [-0.2, 0) is 4.79 Å². The van der Waals surface area contributed by atoms with Gasteiger partial charge in [0.1, 0.15) is 0 Å². The Kier molecular flexibility index (Phi) is 9.39. The fraction of sp³-hybridized carbons (Fsp3) is 0.400. The van der Waals surface area contributed by atoms with Crippen LogP contribution >= 0.6 is 0 Å². The minimum absolute atomic E-state index is 0.166. The van der Waals surface area contributed by atoms with E-state index in [0.717, 1.165) is 35.6 Å². The van der Waals surface area contributed by atoms with Gasteiger partial charge in [0.15, 0.2) is 5.78 Å². The van der Waals surface area contributed by atoms with Crippen LogP contribution in [0.25, 0.3) is 10.8 Å². The van der Waals surface area contributed by atoms with Gasteiger partial charge in [-0.05, 0) is 43.8 Å². The van der Waals surface area contributed by atoms with Gasteiger partial charge >= 0.3 is 5.97 Å². The number of carboxylic acid groups (broad SMARTS) is 1. The Morgan fingerprint density at radius 1 is 0.875 bits per heavy atom. The summed E-state index contributed by atoms with van der Waals surface area (Å²) in [5.74, 6) is -0.582. The molecule has 0 aliphatic carbocycles. The number of hydrogen-bond donors (Lipinski definition) is 2. The average Bonchev–Trinajstić information content (AvgIpc) is 2.57. The summed E-state index contributed by atoms with van der Waals surface area (Å²) < 4.78 is 0. The molecular weight excluding hydrogens is 302 g/mol. The molecular formula is C20H27NO3. The van der Waals surface area contributed by atoms with Crippen molar-refractivity contribution in [1.29, 1.82) is 0 Å². The van der Waals surface area contributed by atoms with E-state index < -0.39 is 5.97 Å². The summed E-state index contributed by atoms with van der Waals surface area (Å²) in [5, 5.41) is 13.5. The number of rotatable bonds is 8. The number of hydrogen-bond acceptors (Lipinski definition) is 3. The second-order valence-electron chi connectivity index (χ2n) is 5.79. The maximum Gasteiger partial charge on any atom is 0.303 e. The number of carbonyl (C=O) groups excluding carboxylic acids is 1. The number of fused-ring (bicyclic) bond motifs is 1. The molecule has 0 saturated carbocycles. The highest BCUT2D eigenvalue weighted by Gasteiger charge is 2.06. The molecule has 0 unspecified atom stereocenters. The monoisotopic (exact) mass is 329 g/mol. The first kappa shape index (κ1) is 19.8. The third kappa shape index (κ3) is 7.38. The summed E-state index contributed by atoms with van der Waals surface area (Å²) in [7, 11) is 3.75. The van der Waals surface area contributed by atoms with Crippen molar-refractivity contribution in [3.63, 3.8) is 0 Å². The standard InChI is InChI=1S/C18H20O3.C2H7N/c19-17(9-3-1-2-4-10-18(20)21)16-12-11-14-7-5-6-8-15(14)13-16;1-3-2/h5-8,11-13H,1-4,9-10H2,(H,20,21);3H,1-2H3. The van der Waals surface area contributed by atoms with Crippen molar-refractivity contribution in [3.8, 4) is 0 Å². The average molecular weight is 329 g/mol. The number of carboxylic acids is 1. The topological polar surface area (TPSA) is 66.4 Å². The number of unbranched alkanes of at least 4 members (excludes halogenated alkanes) is 3. The molecule has 2 N–H and O–H groups in total. The molecule has 0 aromatic heterocycles. The molecule has 4 nitrogen and oxygen atoms in total. The Balaban J connectivity index is 0.000000891. The summed E-state index contributed by atoms with van der Waals surface area (Å²) in [4.78, 5) is 22.5. The molecule has 0 saturated heterocycles. The van der Waals surface area contributed by atoms with E-state index in [9.17, 15) is 9.59 Å². The zero-order valence-electron chi connectivity index (χ0n) is 14.5. The van der Waals surface area contributed by atoms with E-state index in [0.29, 0.717) is 12.8 Å². The molecule has 0 heterocycles. The maximum atomic E-state index is 12.1. The van der Waals surface area contributed by atoms with Gasteiger partial charge in [-0.2, -0.15) is 0 Å². The summed E-state index contributed by atoms with van der Waals surface area (Å²) in [6.07, 6.45) is 4.05. The van der Waals surface area contributed by atoms with E-state index in [1.54, 1.807) is 0 Å². The smallest absolute Gasteiger partial charge is 0.303 e. The van der Waals surface area contributed by atoms with Crippen LogP contribution in [0.4, 0.5) is 0 Å². The Labute approximate surface area is 143 Å². The van der Waals surface area contributed by atoms with Crippen molar-refractivity contribution in [2.45, 2.75) is 38.5 Å². The highest BCUT2D eigenvalue weighted by molar-refractivity contribution is 5.99. The Bertz CT molecular complexity index is 652. The Morgan fingerprint density at radius 3 is 2.08 bits per heavy atom. The lowest BCUT2D eigenvalue weighted by Crippen LogP contribution is -1.99. The molecule has 0 fully saturated rings. The molecule has 4 heteroatoms. The summed E-state index contributed by atoms with van der Waals surface area (Å²) in [6, 6.07) is 13.8. The van der Waals surface area contributed by atoms with Crippen LogP contribution in [-0.4, -0.2) is 31.0 Å².